The van der Waals surface area contributed by atoms with Crippen LogP contribution in [0.5, 0.6) is 0 Å². The molecule has 1 fully saturated rings. The maximum atomic E-state index is 10.7. The minimum atomic E-state index is -0.450. The van der Waals surface area contributed by atoms with Crippen LogP contribution < -0.4 is 5.32 Å². The van der Waals surface area contributed by atoms with Gasteiger partial charge >= 0.3 is 0 Å². The van der Waals surface area contributed by atoms with Gasteiger partial charge in [-0.15, -0.1) is 0 Å². The topological polar surface area (TPSA) is 64.4 Å². The Morgan fingerprint density at radius 2 is 2.00 bits per heavy atom. The number of anilines is 1. The Kier molecular flexibility index (Phi) is 4.27. The van der Waals surface area contributed by atoms with Gasteiger partial charge in [0.05, 0.1) is 27.8 Å². The average molecular weight is 285 g/mol. The highest BCUT2D eigenvalue weighted by Crippen LogP contribution is 2.29. The number of hydrogen-bond acceptors (Lipinski definition) is 4. The fourth-order valence-electron chi connectivity index (χ4n) is 2.48. The lowest BCUT2D eigenvalue weighted by Gasteiger charge is -2.33. The summed E-state index contributed by atoms with van der Waals surface area (Å²) in [5, 5.41) is 14.4. The highest BCUT2D eigenvalue weighted by molar-refractivity contribution is 6.33. The van der Waals surface area contributed by atoms with Gasteiger partial charge in [-0.1, -0.05) is 11.6 Å². The van der Waals surface area contributed by atoms with Gasteiger partial charge in [0, 0.05) is 18.2 Å². The molecule has 0 saturated carbocycles. The van der Waals surface area contributed by atoms with E-state index < -0.39 is 4.92 Å². The van der Waals surface area contributed by atoms with E-state index in [1.807, 2.05) is 13.8 Å². The third-order valence-electron chi connectivity index (χ3n) is 3.22. The Bertz CT molecular complexity index is 471. The first-order chi connectivity index (χ1) is 8.95. The van der Waals surface area contributed by atoms with Crippen molar-refractivity contribution in [3.63, 3.8) is 0 Å². The molecule has 1 N–H and O–H groups in total. The number of benzene rings is 1. The molecule has 0 radical (unpaired) electrons. The van der Waals surface area contributed by atoms with Gasteiger partial charge in [0.2, 0.25) is 0 Å². The van der Waals surface area contributed by atoms with E-state index in [4.69, 9.17) is 16.3 Å². The smallest absolute Gasteiger partial charge is 0.271 e. The molecule has 6 heteroatoms. The van der Waals surface area contributed by atoms with Crippen molar-refractivity contribution in [1.29, 1.82) is 0 Å². The maximum absolute atomic E-state index is 10.7. The van der Waals surface area contributed by atoms with Gasteiger partial charge in [0.15, 0.2) is 0 Å². The zero-order valence-corrected chi connectivity index (χ0v) is 11.7. The third kappa shape index (κ3) is 3.58. The van der Waals surface area contributed by atoms with Gasteiger partial charge in [-0.25, -0.2) is 0 Å². The summed E-state index contributed by atoms with van der Waals surface area (Å²) in [4.78, 5) is 10.2. The second-order valence-electron chi connectivity index (χ2n) is 4.99. The number of nitro groups is 1. The van der Waals surface area contributed by atoms with E-state index in [1.165, 1.54) is 12.1 Å². The van der Waals surface area contributed by atoms with Crippen LogP contribution in [0.1, 0.15) is 26.7 Å². The predicted octanol–water partition coefficient (Wildman–Crippen LogP) is 3.62. The number of hydrogen-bond donors (Lipinski definition) is 1. The molecule has 2 atom stereocenters. The molecule has 1 aromatic carbocycles. The van der Waals surface area contributed by atoms with Crippen molar-refractivity contribution >= 4 is 23.0 Å². The van der Waals surface area contributed by atoms with Gasteiger partial charge in [-0.3, -0.25) is 10.1 Å². The first kappa shape index (κ1) is 14.1. The predicted molar refractivity (Wildman–Crippen MR) is 74.8 cm³/mol. The molecule has 19 heavy (non-hydrogen) atoms. The minimum absolute atomic E-state index is 0.00395. The molecule has 104 valence electrons. The minimum Gasteiger partial charge on any atom is -0.381 e. The van der Waals surface area contributed by atoms with Crippen molar-refractivity contribution in [1.82, 2.24) is 0 Å². The molecule has 2 rings (SSSR count). The molecule has 0 aliphatic carbocycles. The monoisotopic (exact) mass is 284 g/mol. The number of nitrogens with zero attached hydrogens (tertiary/aromatic N) is 1. The van der Waals surface area contributed by atoms with E-state index >= 15 is 0 Å². The fourth-order valence-corrected chi connectivity index (χ4v) is 2.71. The summed E-state index contributed by atoms with van der Waals surface area (Å²) in [6, 6.07) is 4.76. The van der Waals surface area contributed by atoms with Crippen LogP contribution in [0, 0.1) is 10.1 Å². The zero-order valence-electron chi connectivity index (χ0n) is 10.9. The molecule has 0 spiro atoms. The largest absolute Gasteiger partial charge is 0.381 e. The molecule has 1 heterocycles. The lowest BCUT2D eigenvalue weighted by molar-refractivity contribution is -0.384. The Morgan fingerprint density at radius 3 is 2.53 bits per heavy atom. The van der Waals surface area contributed by atoms with Crippen molar-refractivity contribution in [3.8, 4) is 0 Å². The summed E-state index contributed by atoms with van der Waals surface area (Å²) in [5.41, 5.74) is 0.739. The van der Waals surface area contributed by atoms with E-state index in [2.05, 4.69) is 5.32 Å². The molecular weight excluding hydrogens is 268 g/mol. The van der Waals surface area contributed by atoms with E-state index in [-0.39, 0.29) is 23.9 Å². The Labute approximate surface area is 117 Å². The van der Waals surface area contributed by atoms with Crippen molar-refractivity contribution in [3.05, 3.63) is 33.3 Å². The van der Waals surface area contributed by atoms with Crippen molar-refractivity contribution in [2.24, 2.45) is 0 Å². The van der Waals surface area contributed by atoms with Crippen LogP contribution in [0.4, 0.5) is 11.4 Å². The van der Waals surface area contributed by atoms with Crippen LogP contribution in [-0.4, -0.2) is 23.2 Å². The summed E-state index contributed by atoms with van der Waals surface area (Å²) in [7, 11) is 0. The number of ether oxygens (including phenoxy) is 1. The number of rotatable bonds is 3. The Hall–Kier alpha value is -1.33. The number of halogens is 1. The molecule has 1 aliphatic heterocycles. The summed E-state index contributed by atoms with van der Waals surface area (Å²) < 4.78 is 5.67. The molecule has 0 bridgehead atoms. The van der Waals surface area contributed by atoms with Crippen LogP contribution in [0.15, 0.2) is 18.2 Å². The van der Waals surface area contributed by atoms with Crippen molar-refractivity contribution in [2.75, 3.05) is 5.32 Å². The SMILES string of the molecule is CC1CC(Nc2ccc([N+](=O)[O-])cc2Cl)CC(C)O1. The Balaban J connectivity index is 2.08. The van der Waals surface area contributed by atoms with Crippen molar-refractivity contribution < 1.29 is 9.66 Å². The summed E-state index contributed by atoms with van der Waals surface area (Å²) in [6.45, 7) is 4.09. The Morgan fingerprint density at radius 1 is 1.37 bits per heavy atom. The number of nitro benzene ring substituents is 1. The lowest BCUT2D eigenvalue weighted by Crippen LogP contribution is -2.36. The van der Waals surface area contributed by atoms with Crippen LogP contribution in [0.25, 0.3) is 0 Å². The highest BCUT2D eigenvalue weighted by Gasteiger charge is 2.24. The van der Waals surface area contributed by atoms with Gasteiger partial charge in [-0.05, 0) is 32.8 Å². The molecule has 5 nitrogen and oxygen atoms in total. The summed E-state index contributed by atoms with van der Waals surface area (Å²) in [6.07, 6.45) is 2.21. The first-order valence-corrected chi connectivity index (χ1v) is 6.69. The van der Waals surface area contributed by atoms with E-state index in [0.29, 0.717) is 5.02 Å². The quantitative estimate of drug-likeness (QED) is 0.680. The van der Waals surface area contributed by atoms with E-state index in [0.717, 1.165) is 18.5 Å². The molecule has 2 unspecified atom stereocenters. The third-order valence-corrected chi connectivity index (χ3v) is 3.53. The maximum Gasteiger partial charge on any atom is 0.271 e. The molecular formula is C13H17ClN2O3. The van der Waals surface area contributed by atoms with Crippen LogP contribution in [0.2, 0.25) is 5.02 Å². The standard InChI is InChI=1S/C13H17ClN2O3/c1-8-5-10(6-9(2)19-8)15-13-4-3-11(16(17)18)7-12(13)14/h3-4,7-10,15H,5-6H2,1-2H3. The molecule has 1 aromatic rings. The van der Waals surface area contributed by atoms with E-state index in [9.17, 15) is 10.1 Å². The highest BCUT2D eigenvalue weighted by atomic mass is 35.5. The van der Waals surface area contributed by atoms with E-state index in [1.54, 1.807) is 6.07 Å². The first-order valence-electron chi connectivity index (χ1n) is 6.31. The number of nitrogens with one attached hydrogen (secondary N) is 1. The van der Waals surface area contributed by atoms with Crippen LogP contribution in [0.3, 0.4) is 0 Å². The second-order valence-corrected chi connectivity index (χ2v) is 5.40. The average Bonchev–Trinajstić information content (AvgIpc) is 2.30. The van der Waals surface area contributed by atoms with Crippen LogP contribution >= 0.6 is 11.6 Å². The van der Waals surface area contributed by atoms with Gasteiger partial charge in [-0.2, -0.15) is 0 Å². The molecule has 1 saturated heterocycles. The fraction of sp³-hybridized carbons (Fsp3) is 0.538. The lowest BCUT2D eigenvalue weighted by atomic mass is 9.99. The van der Waals surface area contributed by atoms with Gasteiger partial charge in [0.1, 0.15) is 0 Å². The summed E-state index contributed by atoms with van der Waals surface area (Å²) >= 11 is 6.07. The number of non-ortho nitro benzene ring substituents is 1. The van der Waals surface area contributed by atoms with Crippen molar-refractivity contribution in [2.45, 2.75) is 44.9 Å². The van der Waals surface area contributed by atoms with Gasteiger partial charge in [0.25, 0.3) is 5.69 Å². The summed E-state index contributed by atoms with van der Waals surface area (Å²) in [5.74, 6) is 0. The molecule has 0 aromatic heterocycles. The zero-order chi connectivity index (χ0) is 14.0. The second kappa shape index (κ2) is 5.75. The van der Waals surface area contributed by atoms with Gasteiger partial charge < -0.3 is 10.1 Å². The van der Waals surface area contributed by atoms with Crippen LogP contribution in [-0.2, 0) is 4.74 Å². The molecule has 1 aliphatic rings. The normalized spacial score (nSPS) is 27.0. The molecule has 0 amide bonds.